The third-order valence-electron chi connectivity index (χ3n) is 10.2. The Morgan fingerprint density at radius 1 is 0.979 bits per heavy atom. The van der Waals surface area contributed by atoms with Gasteiger partial charge in [0.15, 0.2) is 18.1 Å². The van der Waals surface area contributed by atoms with Crippen LogP contribution < -0.4 is 24.6 Å². The summed E-state index contributed by atoms with van der Waals surface area (Å²) in [6.07, 6.45) is 0.786. The number of H-pyrrole nitrogens is 1. The molecule has 2 bridgehead atoms. The Bertz CT molecular complexity index is 2010. The summed E-state index contributed by atoms with van der Waals surface area (Å²) >= 11 is 8.95. The number of anilines is 2. The van der Waals surface area contributed by atoms with Crippen LogP contribution in [0.1, 0.15) is 35.3 Å². The second-order valence-corrected chi connectivity index (χ2v) is 15.4. The number of nitrogens with zero attached hydrogens (tertiary/aromatic N) is 1. The van der Waals surface area contributed by atoms with Crippen molar-refractivity contribution in [1.82, 2.24) is 4.98 Å². The lowest BCUT2D eigenvalue weighted by Gasteiger charge is -2.43. The van der Waals surface area contributed by atoms with Crippen LogP contribution in [0.15, 0.2) is 76.6 Å². The zero-order valence-corrected chi connectivity index (χ0v) is 28.5. The van der Waals surface area contributed by atoms with Crippen LogP contribution in [0.25, 0.3) is 0 Å². The summed E-state index contributed by atoms with van der Waals surface area (Å²) in [5, 5.41) is 4.31. The van der Waals surface area contributed by atoms with Crippen LogP contribution in [0.3, 0.4) is 0 Å². The van der Waals surface area contributed by atoms with Gasteiger partial charge in [-0.3, -0.25) is 24.1 Å². The number of para-hydroxylation sites is 1. The molecule has 3 aromatic carbocycles. The van der Waals surface area contributed by atoms with E-state index in [4.69, 9.17) is 21.1 Å². The largest absolute Gasteiger partial charge is 0.490 e. The van der Waals surface area contributed by atoms with Crippen LogP contribution in [0, 0.1) is 36.5 Å². The number of carbonyl (C=O) groups is 3. The first-order chi connectivity index (χ1) is 23.2. The lowest BCUT2D eigenvalue weighted by molar-refractivity contribution is -0.123. The van der Waals surface area contributed by atoms with Crippen LogP contribution in [-0.2, 0) is 14.4 Å². The fraction of sp³-hybridized carbons (Fsp3) is 0.333. The Balaban J connectivity index is 1.10. The lowest BCUT2D eigenvalue weighted by atomic mass is 9.68. The summed E-state index contributed by atoms with van der Waals surface area (Å²) in [7, 11) is 0. The highest BCUT2D eigenvalue weighted by molar-refractivity contribution is 8.00. The molecular formula is C36H32ClN3O6S2. The minimum Gasteiger partial charge on any atom is -0.490 e. The van der Waals surface area contributed by atoms with Crippen molar-refractivity contribution in [2.75, 3.05) is 23.4 Å². The highest BCUT2D eigenvalue weighted by Crippen LogP contribution is 2.68. The fourth-order valence-electron chi connectivity index (χ4n) is 8.38. The normalized spacial score (nSPS) is 26.6. The standard InChI is InChI=1S/C36H32ClN3O6S2/c1-3-45-25-14-18(8-13-24(25)46-16-26(41)38-23-7-5-4-6-17(23)2)27-28-21-15-22(31(28)47-33-32(27)48-36(44)39-33)30-29(21)34(42)40(35(30)43)20-11-9-19(37)10-12-20/h4-14,21-22,27-31H,3,15-16H2,1-2H3,(H,38,41)(H,39,44)/t21?,22?,27-,28?,29?,30?,31?/m1/s1. The van der Waals surface area contributed by atoms with Gasteiger partial charge in [0.05, 0.1) is 29.2 Å². The van der Waals surface area contributed by atoms with Gasteiger partial charge < -0.3 is 19.8 Å². The SMILES string of the molecule is CCOc1cc([C@H]2c3sc(=O)[nH]c3SC3C4CC(C5C(=O)N(c6ccc(Cl)cc6)C(=O)C45)C32)ccc1OCC(=O)Nc1ccccc1C. The molecule has 6 unspecified atom stereocenters. The number of aryl methyl sites for hydroxylation is 1. The zero-order chi connectivity index (χ0) is 33.3. The number of nitrogens with one attached hydrogen (secondary N) is 2. The molecule has 0 radical (unpaired) electrons. The van der Waals surface area contributed by atoms with Crippen molar-refractivity contribution in [3.05, 3.63) is 97.4 Å². The number of benzene rings is 3. The number of carbonyl (C=O) groups excluding carboxylic acids is 3. The van der Waals surface area contributed by atoms with Gasteiger partial charge in [0, 0.05) is 26.8 Å². The van der Waals surface area contributed by atoms with Gasteiger partial charge in [-0.1, -0.05) is 47.2 Å². The first-order valence-corrected chi connectivity index (χ1v) is 18.1. The van der Waals surface area contributed by atoms with Crippen molar-refractivity contribution in [1.29, 1.82) is 0 Å². The maximum absolute atomic E-state index is 14.0. The van der Waals surface area contributed by atoms with Crippen LogP contribution in [0.4, 0.5) is 11.4 Å². The first kappa shape index (κ1) is 31.2. The van der Waals surface area contributed by atoms with Gasteiger partial charge in [-0.2, -0.15) is 0 Å². The molecule has 2 aliphatic heterocycles. The number of fused-ring (bicyclic) bond motifs is 9. The van der Waals surface area contributed by atoms with Gasteiger partial charge in [0.1, 0.15) is 0 Å². The predicted molar refractivity (Wildman–Crippen MR) is 185 cm³/mol. The Morgan fingerprint density at radius 3 is 2.48 bits per heavy atom. The van der Waals surface area contributed by atoms with Crippen molar-refractivity contribution >= 4 is 63.8 Å². The Hall–Kier alpha value is -4.06. The Labute approximate surface area is 290 Å². The van der Waals surface area contributed by atoms with E-state index in [-0.39, 0.29) is 64.0 Å². The highest BCUT2D eigenvalue weighted by atomic mass is 35.5. The maximum atomic E-state index is 14.0. The smallest absolute Gasteiger partial charge is 0.305 e. The molecule has 246 valence electrons. The summed E-state index contributed by atoms with van der Waals surface area (Å²) in [6, 6.07) is 20.1. The summed E-state index contributed by atoms with van der Waals surface area (Å²) in [5.74, 6) is -0.635. The minimum atomic E-state index is -0.416. The number of halogens is 1. The van der Waals surface area contributed by atoms with Crippen molar-refractivity contribution in [2.24, 2.45) is 29.6 Å². The molecule has 2 saturated carbocycles. The van der Waals surface area contributed by atoms with E-state index in [1.54, 1.807) is 36.0 Å². The number of imide groups is 1. The van der Waals surface area contributed by atoms with E-state index in [1.807, 2.05) is 56.3 Å². The van der Waals surface area contributed by atoms with Gasteiger partial charge in [-0.25, -0.2) is 0 Å². The molecule has 4 aliphatic rings. The van der Waals surface area contributed by atoms with Crippen molar-refractivity contribution < 1.29 is 23.9 Å². The highest BCUT2D eigenvalue weighted by Gasteiger charge is 2.69. The monoisotopic (exact) mass is 701 g/mol. The molecule has 7 atom stereocenters. The summed E-state index contributed by atoms with van der Waals surface area (Å²) in [4.78, 5) is 58.6. The van der Waals surface area contributed by atoms with Crippen LogP contribution in [0.2, 0.25) is 5.02 Å². The fourth-order valence-corrected chi connectivity index (χ4v) is 11.4. The number of aromatic amines is 1. The first-order valence-electron chi connectivity index (χ1n) is 16.0. The van der Waals surface area contributed by atoms with E-state index in [9.17, 15) is 19.2 Å². The number of ether oxygens (including phenoxy) is 2. The second-order valence-electron chi connectivity index (χ2n) is 12.7. The minimum absolute atomic E-state index is 0.00327. The van der Waals surface area contributed by atoms with Gasteiger partial charge in [0.25, 0.3) is 5.91 Å². The number of rotatable bonds is 8. The van der Waals surface area contributed by atoms with E-state index >= 15 is 0 Å². The van der Waals surface area contributed by atoms with E-state index in [2.05, 4.69) is 10.3 Å². The molecular weight excluding hydrogens is 670 g/mol. The summed E-state index contributed by atoms with van der Waals surface area (Å²) in [5.41, 5.74) is 3.17. The number of amides is 3. The van der Waals surface area contributed by atoms with Crippen LogP contribution in [0.5, 0.6) is 11.5 Å². The number of aromatic nitrogens is 1. The molecule has 3 amide bonds. The van der Waals surface area contributed by atoms with Crippen molar-refractivity contribution in [3.8, 4) is 11.5 Å². The van der Waals surface area contributed by atoms with Crippen LogP contribution >= 0.6 is 34.7 Å². The number of hydrogen-bond acceptors (Lipinski definition) is 8. The summed E-state index contributed by atoms with van der Waals surface area (Å²) < 4.78 is 12.0. The second kappa shape index (κ2) is 12.1. The topological polar surface area (TPSA) is 118 Å². The number of thiazole rings is 1. The van der Waals surface area contributed by atoms with Gasteiger partial charge in [-0.15, -0.1) is 11.8 Å². The molecule has 12 heteroatoms. The van der Waals surface area contributed by atoms with Crippen molar-refractivity contribution in [2.45, 2.75) is 36.5 Å². The Morgan fingerprint density at radius 2 is 1.73 bits per heavy atom. The van der Waals surface area contributed by atoms with E-state index in [1.165, 1.54) is 16.2 Å². The predicted octanol–water partition coefficient (Wildman–Crippen LogP) is 6.49. The third-order valence-corrected chi connectivity index (χ3v) is 13.1. The van der Waals surface area contributed by atoms with E-state index in [0.717, 1.165) is 33.1 Å². The average Bonchev–Trinajstić information content (AvgIpc) is 3.81. The van der Waals surface area contributed by atoms with E-state index < -0.39 is 5.92 Å². The molecule has 3 fully saturated rings. The van der Waals surface area contributed by atoms with Gasteiger partial charge in [0.2, 0.25) is 11.8 Å². The molecule has 1 aromatic heterocycles. The molecule has 8 rings (SSSR count). The molecule has 2 N–H and O–H groups in total. The summed E-state index contributed by atoms with van der Waals surface area (Å²) in [6.45, 7) is 4.00. The molecule has 9 nitrogen and oxygen atoms in total. The lowest BCUT2D eigenvalue weighted by Crippen LogP contribution is -2.42. The maximum Gasteiger partial charge on any atom is 0.305 e. The van der Waals surface area contributed by atoms with E-state index in [0.29, 0.717) is 28.8 Å². The zero-order valence-electron chi connectivity index (χ0n) is 26.1. The Kier molecular flexibility index (Phi) is 7.88. The quantitative estimate of drug-likeness (QED) is 0.202. The number of thioether (sulfide) groups is 1. The average molecular weight is 702 g/mol. The van der Waals surface area contributed by atoms with Gasteiger partial charge >= 0.3 is 4.87 Å². The third kappa shape index (κ3) is 5.05. The molecule has 0 spiro atoms. The van der Waals surface area contributed by atoms with Crippen LogP contribution in [-0.4, -0.2) is 41.2 Å². The molecule has 3 heterocycles. The van der Waals surface area contributed by atoms with Gasteiger partial charge in [-0.05, 0) is 91.6 Å². The molecule has 48 heavy (non-hydrogen) atoms. The van der Waals surface area contributed by atoms with Crippen molar-refractivity contribution in [3.63, 3.8) is 0 Å². The molecule has 4 aromatic rings. The molecule has 2 aliphatic carbocycles. The molecule has 1 saturated heterocycles. The number of hydrogen-bond donors (Lipinski definition) is 2.